The molecule has 0 bridgehead atoms. The van der Waals surface area contributed by atoms with Gasteiger partial charge in [0.25, 0.3) is 5.89 Å². The van der Waals surface area contributed by atoms with Crippen molar-refractivity contribution in [2.75, 3.05) is 5.73 Å². The molecule has 0 spiro atoms. The minimum absolute atomic E-state index is 0.281. The second kappa shape index (κ2) is 4.69. The SMILES string of the molecule is CC(C)(c1ccc(F)cc1)c1noc(-c2cc(N)n[nH]2)n1. The molecular formula is C14H14FN5O. The quantitative estimate of drug-likeness (QED) is 0.772. The van der Waals surface area contributed by atoms with E-state index in [1.54, 1.807) is 18.2 Å². The van der Waals surface area contributed by atoms with Crippen LogP contribution in [0.1, 0.15) is 25.2 Å². The number of benzene rings is 1. The summed E-state index contributed by atoms with van der Waals surface area (Å²) in [6.45, 7) is 3.88. The fraction of sp³-hybridized carbons (Fsp3) is 0.214. The maximum absolute atomic E-state index is 13.0. The number of aromatic nitrogens is 4. The lowest BCUT2D eigenvalue weighted by atomic mass is 9.84. The molecule has 0 saturated heterocycles. The van der Waals surface area contributed by atoms with Crippen LogP contribution in [0.2, 0.25) is 0 Å². The van der Waals surface area contributed by atoms with Crippen molar-refractivity contribution in [3.05, 3.63) is 47.5 Å². The molecule has 3 aromatic rings. The molecule has 2 heterocycles. The summed E-state index contributed by atoms with van der Waals surface area (Å²) in [5.41, 5.74) is 6.48. The molecule has 108 valence electrons. The zero-order chi connectivity index (χ0) is 15.0. The number of H-pyrrole nitrogens is 1. The summed E-state index contributed by atoms with van der Waals surface area (Å²) in [7, 11) is 0. The number of hydrogen-bond acceptors (Lipinski definition) is 5. The zero-order valence-corrected chi connectivity index (χ0v) is 11.6. The van der Waals surface area contributed by atoms with Gasteiger partial charge in [-0.1, -0.05) is 17.3 Å². The van der Waals surface area contributed by atoms with E-state index < -0.39 is 5.41 Å². The molecule has 7 heteroatoms. The largest absolute Gasteiger partial charge is 0.382 e. The highest BCUT2D eigenvalue weighted by Gasteiger charge is 2.29. The third-order valence-corrected chi connectivity index (χ3v) is 3.38. The van der Waals surface area contributed by atoms with Crippen molar-refractivity contribution in [2.45, 2.75) is 19.3 Å². The summed E-state index contributed by atoms with van der Waals surface area (Å²) in [6, 6.07) is 7.85. The van der Waals surface area contributed by atoms with Crippen LogP contribution < -0.4 is 5.73 Å². The summed E-state index contributed by atoms with van der Waals surface area (Å²) in [5, 5.41) is 10.5. The van der Waals surface area contributed by atoms with E-state index in [0.717, 1.165) is 5.56 Å². The van der Waals surface area contributed by atoms with Gasteiger partial charge in [-0.25, -0.2) is 4.39 Å². The molecular weight excluding hydrogens is 273 g/mol. The number of anilines is 1. The van der Waals surface area contributed by atoms with Gasteiger partial charge in [0.1, 0.15) is 17.3 Å². The second-order valence-corrected chi connectivity index (χ2v) is 5.26. The maximum atomic E-state index is 13.0. The molecule has 0 aliphatic heterocycles. The molecule has 2 aromatic heterocycles. The number of nitrogens with two attached hydrogens (primary N) is 1. The first-order valence-electron chi connectivity index (χ1n) is 6.38. The number of aromatic amines is 1. The number of halogens is 1. The monoisotopic (exact) mass is 287 g/mol. The van der Waals surface area contributed by atoms with Gasteiger partial charge in [0.15, 0.2) is 5.82 Å². The fourth-order valence-corrected chi connectivity index (χ4v) is 2.03. The van der Waals surface area contributed by atoms with Crippen molar-refractivity contribution < 1.29 is 8.91 Å². The van der Waals surface area contributed by atoms with Gasteiger partial charge in [-0.05, 0) is 31.5 Å². The summed E-state index contributed by atoms with van der Waals surface area (Å²) in [5.74, 6) is 0.875. The Morgan fingerprint density at radius 3 is 2.57 bits per heavy atom. The van der Waals surface area contributed by atoms with Crippen LogP contribution in [0.5, 0.6) is 0 Å². The predicted octanol–water partition coefficient (Wildman–Crippen LogP) is 2.51. The van der Waals surface area contributed by atoms with Crippen LogP contribution in [0.25, 0.3) is 11.6 Å². The van der Waals surface area contributed by atoms with E-state index in [2.05, 4.69) is 20.3 Å². The van der Waals surface area contributed by atoms with E-state index >= 15 is 0 Å². The van der Waals surface area contributed by atoms with E-state index in [1.807, 2.05) is 13.8 Å². The molecule has 0 radical (unpaired) electrons. The van der Waals surface area contributed by atoms with Crippen LogP contribution in [0.4, 0.5) is 10.2 Å². The molecule has 0 aliphatic rings. The molecule has 3 rings (SSSR count). The Bertz CT molecular complexity index is 760. The number of nitrogens with zero attached hydrogens (tertiary/aromatic N) is 3. The zero-order valence-electron chi connectivity index (χ0n) is 11.6. The third kappa shape index (κ3) is 2.37. The Morgan fingerprint density at radius 1 is 1.24 bits per heavy atom. The van der Waals surface area contributed by atoms with Crippen LogP contribution >= 0.6 is 0 Å². The summed E-state index contributed by atoms with van der Waals surface area (Å²) in [4.78, 5) is 4.37. The summed E-state index contributed by atoms with van der Waals surface area (Å²) >= 11 is 0. The van der Waals surface area contributed by atoms with Crippen molar-refractivity contribution in [2.24, 2.45) is 0 Å². The molecule has 6 nitrogen and oxygen atoms in total. The van der Waals surface area contributed by atoms with E-state index in [-0.39, 0.29) is 5.82 Å². The van der Waals surface area contributed by atoms with E-state index in [4.69, 9.17) is 10.3 Å². The highest BCUT2D eigenvalue weighted by molar-refractivity contribution is 5.52. The Morgan fingerprint density at radius 2 is 1.95 bits per heavy atom. The number of nitrogens with one attached hydrogen (secondary N) is 1. The average Bonchev–Trinajstić information content (AvgIpc) is 3.08. The van der Waals surface area contributed by atoms with Crippen molar-refractivity contribution in [1.82, 2.24) is 20.3 Å². The van der Waals surface area contributed by atoms with Crippen molar-refractivity contribution in [3.8, 4) is 11.6 Å². The first-order valence-corrected chi connectivity index (χ1v) is 6.38. The molecule has 0 fully saturated rings. The Hall–Kier alpha value is -2.70. The number of rotatable bonds is 3. The second-order valence-electron chi connectivity index (χ2n) is 5.26. The van der Waals surface area contributed by atoms with Gasteiger partial charge in [0, 0.05) is 6.07 Å². The van der Waals surface area contributed by atoms with E-state index in [9.17, 15) is 4.39 Å². The van der Waals surface area contributed by atoms with Gasteiger partial charge in [-0.15, -0.1) is 0 Å². The van der Waals surface area contributed by atoms with Gasteiger partial charge in [0.2, 0.25) is 0 Å². The third-order valence-electron chi connectivity index (χ3n) is 3.38. The Labute approximate surface area is 120 Å². The number of nitrogen functional groups attached to an aromatic ring is 1. The molecule has 0 amide bonds. The lowest BCUT2D eigenvalue weighted by Crippen LogP contribution is -2.20. The first kappa shape index (κ1) is 13.3. The smallest absolute Gasteiger partial charge is 0.276 e. The van der Waals surface area contributed by atoms with Gasteiger partial charge >= 0.3 is 0 Å². The molecule has 0 unspecified atom stereocenters. The van der Waals surface area contributed by atoms with Crippen molar-refractivity contribution >= 4 is 5.82 Å². The molecule has 0 saturated carbocycles. The van der Waals surface area contributed by atoms with Gasteiger partial charge in [0.05, 0.1) is 5.41 Å². The van der Waals surface area contributed by atoms with Crippen LogP contribution in [0, 0.1) is 5.82 Å². The highest BCUT2D eigenvalue weighted by atomic mass is 19.1. The molecule has 1 aromatic carbocycles. The maximum Gasteiger partial charge on any atom is 0.276 e. The molecule has 21 heavy (non-hydrogen) atoms. The minimum Gasteiger partial charge on any atom is -0.382 e. The summed E-state index contributed by atoms with van der Waals surface area (Å²) < 4.78 is 18.3. The van der Waals surface area contributed by atoms with Crippen molar-refractivity contribution in [1.29, 1.82) is 0 Å². The van der Waals surface area contributed by atoms with Gasteiger partial charge < -0.3 is 10.3 Å². The molecule has 0 aliphatic carbocycles. The number of hydrogen-bond donors (Lipinski definition) is 2. The first-order chi connectivity index (χ1) is 9.96. The Balaban J connectivity index is 1.96. The lowest BCUT2D eigenvalue weighted by molar-refractivity contribution is 0.407. The average molecular weight is 287 g/mol. The van der Waals surface area contributed by atoms with Crippen LogP contribution in [0.3, 0.4) is 0 Å². The predicted molar refractivity (Wildman–Crippen MR) is 74.8 cm³/mol. The van der Waals surface area contributed by atoms with Gasteiger partial charge in [-0.3, -0.25) is 5.10 Å². The Kier molecular flexibility index (Phi) is 2.97. The van der Waals surface area contributed by atoms with Crippen LogP contribution in [-0.4, -0.2) is 20.3 Å². The highest BCUT2D eigenvalue weighted by Crippen LogP contribution is 2.30. The standard InChI is InChI=1S/C14H14FN5O/c1-14(2,8-3-5-9(15)6-4-8)13-17-12(21-20-13)10-7-11(16)19-18-10/h3-7H,1-2H3,(H3,16,18,19). The summed E-state index contributed by atoms with van der Waals surface area (Å²) in [6.07, 6.45) is 0. The topological polar surface area (TPSA) is 93.6 Å². The fourth-order valence-electron chi connectivity index (χ4n) is 2.03. The molecule has 0 atom stereocenters. The lowest BCUT2D eigenvalue weighted by Gasteiger charge is -2.20. The minimum atomic E-state index is -0.513. The van der Waals surface area contributed by atoms with Crippen molar-refractivity contribution in [3.63, 3.8) is 0 Å². The van der Waals surface area contributed by atoms with E-state index in [1.165, 1.54) is 12.1 Å². The van der Waals surface area contributed by atoms with Crippen LogP contribution in [-0.2, 0) is 5.41 Å². The van der Waals surface area contributed by atoms with Gasteiger partial charge in [-0.2, -0.15) is 10.1 Å². The van der Waals surface area contributed by atoms with Crippen LogP contribution in [0.15, 0.2) is 34.9 Å². The molecule has 3 N–H and O–H groups in total. The normalized spacial score (nSPS) is 11.8. The van der Waals surface area contributed by atoms with E-state index in [0.29, 0.717) is 23.2 Å².